The fraction of sp³-hybridized carbons (Fsp3) is 0.292. The Morgan fingerprint density at radius 3 is 2.43 bits per heavy atom. The number of amides is 2. The molecule has 1 N–H and O–H groups in total. The van der Waals surface area contributed by atoms with Crippen molar-refractivity contribution >= 4 is 44.8 Å². The number of ether oxygens (including phenoxy) is 1. The Morgan fingerprint density at radius 1 is 1.11 bits per heavy atom. The maximum atomic E-state index is 15.1. The Kier molecular flexibility index (Phi) is 7.42. The summed E-state index contributed by atoms with van der Waals surface area (Å²) in [5.74, 6) is -1.09. The molecule has 0 spiro atoms. The zero-order valence-electron chi connectivity index (χ0n) is 20.4. The lowest BCUT2D eigenvalue weighted by atomic mass is 10.2. The lowest BCUT2D eigenvalue weighted by Gasteiger charge is -2.35. The summed E-state index contributed by atoms with van der Waals surface area (Å²) < 4.78 is 45.2. The summed E-state index contributed by atoms with van der Waals surface area (Å²) in [5, 5.41) is 2.78. The van der Waals surface area contributed by atoms with E-state index < -0.39 is 27.7 Å². The molecule has 10 nitrogen and oxygen atoms in total. The number of halogens is 2. The zero-order valence-corrected chi connectivity index (χ0v) is 21.9. The fourth-order valence-electron chi connectivity index (χ4n) is 4.04. The summed E-state index contributed by atoms with van der Waals surface area (Å²) >= 11 is 6.01. The van der Waals surface area contributed by atoms with Gasteiger partial charge in [0.05, 0.1) is 35.1 Å². The van der Waals surface area contributed by atoms with E-state index in [4.69, 9.17) is 16.3 Å². The van der Waals surface area contributed by atoms with Gasteiger partial charge in [0.25, 0.3) is 5.91 Å². The topological polar surface area (TPSA) is 114 Å². The molecule has 13 heteroatoms. The van der Waals surface area contributed by atoms with Gasteiger partial charge in [-0.25, -0.2) is 22.6 Å². The first-order chi connectivity index (χ1) is 17.5. The van der Waals surface area contributed by atoms with Gasteiger partial charge in [0.15, 0.2) is 15.7 Å². The van der Waals surface area contributed by atoms with Crippen molar-refractivity contribution in [3.63, 3.8) is 0 Å². The summed E-state index contributed by atoms with van der Waals surface area (Å²) in [6.07, 6.45) is 3.72. The van der Waals surface area contributed by atoms with Crippen molar-refractivity contribution in [2.45, 2.75) is 4.90 Å². The van der Waals surface area contributed by atoms with Gasteiger partial charge in [-0.15, -0.1) is 0 Å². The number of pyridine rings is 1. The highest BCUT2D eigenvalue weighted by molar-refractivity contribution is 7.90. The lowest BCUT2D eigenvalue weighted by molar-refractivity contribution is 0.102. The quantitative estimate of drug-likeness (QED) is 0.518. The number of methoxy groups -OCH3 is 1. The van der Waals surface area contributed by atoms with E-state index in [0.717, 1.165) is 6.26 Å². The van der Waals surface area contributed by atoms with Gasteiger partial charge < -0.3 is 24.4 Å². The highest BCUT2D eigenvalue weighted by atomic mass is 35.5. The molecule has 0 atom stereocenters. The molecule has 0 radical (unpaired) electrons. The van der Waals surface area contributed by atoms with Gasteiger partial charge in [-0.1, -0.05) is 11.6 Å². The van der Waals surface area contributed by atoms with Gasteiger partial charge in [-0.3, -0.25) is 4.79 Å². The van der Waals surface area contributed by atoms with Crippen LogP contribution in [-0.2, 0) is 21.6 Å². The summed E-state index contributed by atoms with van der Waals surface area (Å²) in [4.78, 5) is 32.3. The number of piperazine rings is 1. The van der Waals surface area contributed by atoms with E-state index in [2.05, 4.69) is 10.3 Å². The summed E-state index contributed by atoms with van der Waals surface area (Å²) in [6.45, 7) is 1.92. The summed E-state index contributed by atoms with van der Waals surface area (Å²) in [6, 6.07) is 6.92. The van der Waals surface area contributed by atoms with E-state index in [-0.39, 0.29) is 26.9 Å². The van der Waals surface area contributed by atoms with E-state index in [1.165, 1.54) is 43.6 Å². The highest BCUT2D eigenvalue weighted by Gasteiger charge is 2.23. The number of hydrogen-bond acceptors (Lipinski definition) is 7. The molecular weight excluding hydrogens is 525 g/mol. The molecule has 37 heavy (non-hydrogen) atoms. The molecule has 4 rings (SSSR count). The molecule has 2 aromatic heterocycles. The van der Waals surface area contributed by atoms with Crippen LogP contribution >= 0.6 is 11.6 Å². The van der Waals surface area contributed by atoms with Crippen molar-refractivity contribution in [3.05, 3.63) is 59.1 Å². The predicted octanol–water partition coefficient (Wildman–Crippen LogP) is 3.42. The van der Waals surface area contributed by atoms with Gasteiger partial charge in [-0.05, 0) is 24.3 Å². The average molecular weight is 550 g/mol. The molecule has 0 saturated carbocycles. The third-order valence-corrected chi connectivity index (χ3v) is 7.28. The molecule has 0 unspecified atom stereocenters. The predicted molar refractivity (Wildman–Crippen MR) is 137 cm³/mol. The second-order valence-corrected chi connectivity index (χ2v) is 11.0. The minimum Gasteiger partial charge on any atom is -0.453 e. The number of rotatable bonds is 5. The molecule has 196 valence electrons. The smallest absolute Gasteiger partial charge is 0.409 e. The highest BCUT2D eigenvalue weighted by Crippen LogP contribution is 2.28. The molecule has 0 bridgehead atoms. The van der Waals surface area contributed by atoms with Gasteiger partial charge in [0.1, 0.15) is 5.69 Å². The number of anilines is 2. The minimum absolute atomic E-state index is 0.0258. The molecule has 3 aromatic rings. The standard InChI is InChI=1S/C24H25ClFN5O5S/c1-29-14-15(23(32)28-17-9-16(25)10-19(11-17)37(3,34)35)8-21(29)22-20(26)12-18(13-27-22)30-4-6-31(7-5-30)24(33)36-2/h8-14H,4-7H2,1-3H3,(H,28,32). The first kappa shape index (κ1) is 26.4. The van der Waals surface area contributed by atoms with E-state index in [1.54, 1.807) is 22.7 Å². The van der Waals surface area contributed by atoms with Crippen molar-refractivity contribution in [2.24, 2.45) is 7.05 Å². The molecule has 3 heterocycles. The number of nitrogens with one attached hydrogen (secondary N) is 1. The van der Waals surface area contributed by atoms with Gasteiger partial charge in [0.2, 0.25) is 0 Å². The van der Waals surface area contributed by atoms with Crippen molar-refractivity contribution in [2.75, 3.05) is 49.8 Å². The maximum absolute atomic E-state index is 15.1. The minimum atomic E-state index is -3.53. The molecule has 1 aliphatic rings. The van der Waals surface area contributed by atoms with Crippen LogP contribution in [0.1, 0.15) is 10.4 Å². The Morgan fingerprint density at radius 2 is 1.81 bits per heavy atom. The summed E-state index contributed by atoms with van der Waals surface area (Å²) in [7, 11) is -0.536. The van der Waals surface area contributed by atoms with Crippen LogP contribution in [0.2, 0.25) is 5.02 Å². The van der Waals surface area contributed by atoms with E-state index in [9.17, 15) is 18.0 Å². The van der Waals surface area contributed by atoms with Crippen LogP contribution in [0.4, 0.5) is 20.6 Å². The van der Waals surface area contributed by atoms with E-state index in [1.807, 2.05) is 4.90 Å². The van der Waals surface area contributed by atoms with Crippen LogP contribution in [0.5, 0.6) is 0 Å². The SMILES string of the molecule is COC(=O)N1CCN(c2cnc(-c3cc(C(=O)Nc4cc(Cl)cc(S(C)(=O)=O)c4)cn3C)c(F)c2)CC1. The first-order valence-corrected chi connectivity index (χ1v) is 13.5. The largest absolute Gasteiger partial charge is 0.453 e. The zero-order chi connectivity index (χ0) is 26.9. The van der Waals surface area contributed by atoms with Crippen LogP contribution in [0.3, 0.4) is 0 Å². The van der Waals surface area contributed by atoms with Crippen LogP contribution in [0, 0.1) is 5.82 Å². The van der Waals surface area contributed by atoms with Crippen LogP contribution in [-0.4, -0.2) is 74.4 Å². The van der Waals surface area contributed by atoms with Gasteiger partial charge >= 0.3 is 6.09 Å². The monoisotopic (exact) mass is 549 g/mol. The Labute approximate surface area is 218 Å². The number of aromatic nitrogens is 2. The lowest BCUT2D eigenvalue weighted by Crippen LogP contribution is -2.48. The molecule has 1 saturated heterocycles. The number of nitrogens with zero attached hydrogens (tertiary/aromatic N) is 4. The maximum Gasteiger partial charge on any atom is 0.409 e. The van der Waals surface area contributed by atoms with E-state index in [0.29, 0.717) is 37.6 Å². The number of hydrogen-bond donors (Lipinski definition) is 1. The average Bonchev–Trinajstić information content (AvgIpc) is 3.24. The Hall–Kier alpha value is -3.64. The first-order valence-electron chi connectivity index (χ1n) is 11.2. The molecule has 1 fully saturated rings. The molecule has 1 aliphatic heterocycles. The number of carbonyl (C=O) groups excluding carboxylic acids is 2. The van der Waals surface area contributed by atoms with Crippen molar-refractivity contribution in [1.29, 1.82) is 0 Å². The van der Waals surface area contributed by atoms with Gasteiger partial charge in [-0.2, -0.15) is 0 Å². The normalized spacial score (nSPS) is 14.0. The fourth-order valence-corrected chi connectivity index (χ4v) is 5.02. The molecular formula is C24H25ClFN5O5S. The summed E-state index contributed by atoms with van der Waals surface area (Å²) in [5.41, 5.74) is 1.47. The van der Waals surface area contributed by atoms with Crippen molar-refractivity contribution < 1.29 is 27.1 Å². The molecule has 1 aromatic carbocycles. The second-order valence-electron chi connectivity index (χ2n) is 8.59. The Bertz CT molecular complexity index is 1470. The van der Waals surface area contributed by atoms with Crippen molar-refractivity contribution in [3.8, 4) is 11.4 Å². The third-order valence-electron chi connectivity index (χ3n) is 5.97. The molecule has 0 aliphatic carbocycles. The number of aryl methyl sites for hydroxylation is 1. The number of sulfone groups is 1. The van der Waals surface area contributed by atoms with Crippen molar-refractivity contribution in [1.82, 2.24) is 14.5 Å². The third kappa shape index (κ3) is 5.86. The van der Waals surface area contributed by atoms with Crippen LogP contribution < -0.4 is 10.2 Å². The van der Waals surface area contributed by atoms with Crippen LogP contribution in [0.25, 0.3) is 11.4 Å². The number of carbonyl (C=O) groups is 2. The van der Waals surface area contributed by atoms with E-state index >= 15 is 4.39 Å². The van der Waals surface area contributed by atoms with Crippen LogP contribution in [0.15, 0.2) is 47.6 Å². The second kappa shape index (κ2) is 10.4. The van der Waals surface area contributed by atoms with Gasteiger partial charge in [0, 0.05) is 62.5 Å². The molecule has 2 amide bonds. The Balaban J connectivity index is 1.51. The number of benzene rings is 1.